The molecular formula is C22H16ClN3NaO6S. The van der Waals surface area contributed by atoms with E-state index in [1.165, 1.54) is 18.2 Å². The molecule has 0 saturated heterocycles. The van der Waals surface area contributed by atoms with Crippen molar-refractivity contribution in [3.8, 4) is 0 Å². The van der Waals surface area contributed by atoms with Crippen LogP contribution in [0.2, 0.25) is 0 Å². The first kappa shape index (κ1) is 25.9. The van der Waals surface area contributed by atoms with Crippen molar-refractivity contribution in [2.45, 2.75) is 4.90 Å². The number of hydrogen-bond acceptors (Lipinski definition) is 7. The monoisotopic (exact) mass is 508 g/mol. The normalized spacial score (nSPS) is 12.3. The van der Waals surface area contributed by atoms with Gasteiger partial charge in [0.1, 0.15) is 10.8 Å². The van der Waals surface area contributed by atoms with Gasteiger partial charge in [-0.15, -0.1) is 11.6 Å². The number of fused-ring (bicyclic) bond motifs is 2. The molecule has 0 saturated carbocycles. The van der Waals surface area contributed by atoms with E-state index in [0.717, 1.165) is 6.07 Å². The number of hydrogen-bond donors (Lipinski definition) is 4. The van der Waals surface area contributed by atoms with E-state index in [2.05, 4.69) is 10.6 Å². The fourth-order valence-electron chi connectivity index (χ4n) is 3.63. The van der Waals surface area contributed by atoms with Crippen LogP contribution in [0.1, 0.15) is 31.8 Å². The number of alkyl halides is 1. The maximum Gasteiger partial charge on any atom is 0.296 e. The predicted molar refractivity (Wildman–Crippen MR) is 129 cm³/mol. The van der Waals surface area contributed by atoms with Gasteiger partial charge in [-0.1, -0.05) is 30.3 Å². The van der Waals surface area contributed by atoms with Crippen LogP contribution in [0.5, 0.6) is 0 Å². The van der Waals surface area contributed by atoms with E-state index in [9.17, 15) is 27.4 Å². The van der Waals surface area contributed by atoms with Crippen LogP contribution in [0, 0.1) is 0 Å². The molecule has 0 fully saturated rings. The van der Waals surface area contributed by atoms with Crippen molar-refractivity contribution in [3.63, 3.8) is 0 Å². The molecule has 0 unspecified atom stereocenters. The number of halogens is 1. The molecule has 0 bridgehead atoms. The minimum atomic E-state index is -4.83. The zero-order valence-corrected chi connectivity index (χ0v) is 21.3. The van der Waals surface area contributed by atoms with E-state index in [4.69, 9.17) is 17.3 Å². The minimum absolute atomic E-state index is 0. The summed E-state index contributed by atoms with van der Waals surface area (Å²) in [5.41, 5.74) is 5.90. The Labute approximate surface area is 221 Å². The number of nitrogen functional groups attached to an aromatic ring is 1. The second kappa shape index (κ2) is 9.87. The number of nitrogens with one attached hydrogen (secondary N) is 2. The summed E-state index contributed by atoms with van der Waals surface area (Å²) < 4.78 is 33.6. The van der Waals surface area contributed by atoms with Gasteiger partial charge in [0.25, 0.3) is 10.1 Å². The molecule has 4 rings (SSSR count). The molecule has 0 atom stereocenters. The fraction of sp³-hybridized carbons (Fsp3) is 0.0455. The van der Waals surface area contributed by atoms with Crippen LogP contribution in [-0.2, 0) is 14.9 Å². The third-order valence-corrected chi connectivity index (χ3v) is 6.16. The zero-order chi connectivity index (χ0) is 23.9. The Morgan fingerprint density at radius 3 is 2.12 bits per heavy atom. The molecule has 1 amide bonds. The topological polar surface area (TPSA) is 156 Å². The number of rotatable bonds is 5. The summed E-state index contributed by atoms with van der Waals surface area (Å²) in [4.78, 5) is 37.3. The minimum Gasteiger partial charge on any atom is -0.397 e. The summed E-state index contributed by atoms with van der Waals surface area (Å²) in [5.74, 6) is -1.88. The van der Waals surface area contributed by atoms with E-state index in [1.807, 2.05) is 0 Å². The van der Waals surface area contributed by atoms with Crippen molar-refractivity contribution in [2.75, 3.05) is 22.2 Å². The molecule has 0 aliphatic heterocycles. The van der Waals surface area contributed by atoms with Crippen molar-refractivity contribution in [2.24, 2.45) is 0 Å². The van der Waals surface area contributed by atoms with Crippen LogP contribution >= 0.6 is 11.6 Å². The van der Waals surface area contributed by atoms with Crippen LogP contribution in [0.15, 0.2) is 59.5 Å². The van der Waals surface area contributed by atoms with Crippen LogP contribution in [0.4, 0.5) is 22.7 Å². The van der Waals surface area contributed by atoms with E-state index >= 15 is 0 Å². The molecule has 169 valence electrons. The Morgan fingerprint density at radius 2 is 1.53 bits per heavy atom. The van der Waals surface area contributed by atoms with Crippen molar-refractivity contribution in [1.29, 1.82) is 0 Å². The van der Waals surface area contributed by atoms with Crippen LogP contribution < -0.4 is 16.4 Å². The Morgan fingerprint density at radius 1 is 0.941 bits per heavy atom. The maximum atomic E-state index is 13.3. The summed E-state index contributed by atoms with van der Waals surface area (Å²) in [7, 11) is -4.83. The quantitative estimate of drug-likeness (QED) is 0.139. The summed E-state index contributed by atoms with van der Waals surface area (Å²) >= 11 is 5.51. The number of anilines is 4. The fourth-order valence-corrected chi connectivity index (χ4v) is 4.34. The average Bonchev–Trinajstić information content (AvgIpc) is 2.77. The Kier molecular flexibility index (Phi) is 7.51. The van der Waals surface area contributed by atoms with Crippen molar-refractivity contribution in [3.05, 3.63) is 76.9 Å². The van der Waals surface area contributed by atoms with E-state index in [0.29, 0.717) is 11.4 Å². The summed E-state index contributed by atoms with van der Waals surface area (Å²) in [5, 5.41) is 5.46. The third-order valence-electron chi connectivity index (χ3n) is 5.02. The average molecular weight is 509 g/mol. The number of benzene rings is 3. The molecule has 3 aromatic carbocycles. The van der Waals surface area contributed by atoms with Gasteiger partial charge in [0.15, 0.2) is 11.6 Å². The van der Waals surface area contributed by atoms with Gasteiger partial charge in [-0.3, -0.25) is 18.9 Å². The Hall–Kier alpha value is -2.73. The Balaban J connectivity index is 0.00000324. The molecule has 1 radical (unpaired) electrons. The van der Waals surface area contributed by atoms with Crippen LogP contribution in [0.3, 0.4) is 0 Å². The molecule has 1 aliphatic rings. The van der Waals surface area contributed by atoms with E-state index < -0.39 is 38.2 Å². The second-order valence-corrected chi connectivity index (χ2v) is 8.81. The molecule has 34 heavy (non-hydrogen) atoms. The maximum absolute atomic E-state index is 13.3. The molecule has 0 aromatic heterocycles. The summed E-state index contributed by atoms with van der Waals surface area (Å²) in [6.07, 6.45) is 0. The number of amides is 1. The molecule has 0 heterocycles. The van der Waals surface area contributed by atoms with Crippen LogP contribution in [-0.4, -0.2) is 65.9 Å². The number of carbonyl (C=O) groups excluding carboxylic acids is 3. The molecular weight excluding hydrogens is 493 g/mol. The molecule has 3 aromatic rings. The largest absolute Gasteiger partial charge is 0.397 e. The molecule has 1 aliphatic carbocycles. The standard InChI is InChI=1S/C22H16ClN3O6S.Na/c23-10-17(27)26-12-5-3-4-11(8-12)25-15-9-16(33(30,31)32)20(24)19-18(15)21(28)13-6-1-2-7-14(13)22(19)29;/h1-9,25H,10,24H2,(H,26,27)(H,30,31,32);. The zero-order valence-electron chi connectivity index (χ0n) is 17.8. The van der Waals surface area contributed by atoms with E-state index in [-0.39, 0.29) is 63.4 Å². The summed E-state index contributed by atoms with van der Waals surface area (Å²) in [6.45, 7) is 0. The first-order chi connectivity index (χ1) is 15.6. The summed E-state index contributed by atoms with van der Waals surface area (Å²) in [6, 6.07) is 13.4. The van der Waals surface area contributed by atoms with Gasteiger partial charge in [0.2, 0.25) is 5.91 Å². The predicted octanol–water partition coefficient (Wildman–Crippen LogP) is 2.83. The molecule has 0 spiro atoms. The molecule has 5 N–H and O–H groups in total. The van der Waals surface area contributed by atoms with Gasteiger partial charge in [0, 0.05) is 52.1 Å². The first-order valence-corrected chi connectivity index (χ1v) is 11.4. The molecule has 12 heteroatoms. The number of carbonyl (C=O) groups is 3. The molecule has 9 nitrogen and oxygen atoms in total. The van der Waals surface area contributed by atoms with Gasteiger partial charge >= 0.3 is 0 Å². The SMILES string of the molecule is Nc1c(S(=O)(=O)O)cc(Nc2cccc(NC(=O)CCl)c2)c2c1C(=O)c1ccccc1C2=O.[Na]. The first-order valence-electron chi connectivity index (χ1n) is 9.47. The van der Waals surface area contributed by atoms with Crippen molar-refractivity contribution >= 4 is 91.5 Å². The van der Waals surface area contributed by atoms with Crippen molar-refractivity contribution < 1.29 is 27.4 Å². The second-order valence-electron chi connectivity index (χ2n) is 7.15. The van der Waals surface area contributed by atoms with Crippen molar-refractivity contribution in [1.82, 2.24) is 0 Å². The van der Waals surface area contributed by atoms with Gasteiger partial charge in [-0.05, 0) is 24.3 Å². The Bertz CT molecular complexity index is 1460. The van der Waals surface area contributed by atoms with Gasteiger partial charge in [-0.2, -0.15) is 8.42 Å². The number of nitrogens with two attached hydrogens (primary N) is 1. The third kappa shape index (κ3) is 4.74. The van der Waals surface area contributed by atoms with Gasteiger partial charge in [-0.25, -0.2) is 0 Å². The van der Waals surface area contributed by atoms with Crippen LogP contribution in [0.25, 0.3) is 0 Å². The van der Waals surface area contributed by atoms with E-state index in [1.54, 1.807) is 30.3 Å². The van der Waals surface area contributed by atoms with Gasteiger partial charge < -0.3 is 16.4 Å². The smallest absolute Gasteiger partial charge is 0.296 e. The number of ketones is 2. The van der Waals surface area contributed by atoms with Gasteiger partial charge in [0.05, 0.1) is 22.5 Å².